The third-order valence-electron chi connectivity index (χ3n) is 4.35. The van der Waals surface area contributed by atoms with Crippen molar-refractivity contribution >= 4 is 35.0 Å². The standard InChI is InChI=1S/C17H18Cl2N2O3S/c1-9-11-4-3-10(18)5-13(11)17(23,8-24-9)6-14-12(7-22)15(19)21-16(20-14)25-2/h3-5,9,22-23H,6-8H2,1-2H3. The molecule has 1 aliphatic rings. The van der Waals surface area contributed by atoms with Gasteiger partial charge in [0.25, 0.3) is 0 Å². The molecular weight excluding hydrogens is 383 g/mol. The molecule has 0 bridgehead atoms. The number of rotatable bonds is 4. The number of hydrogen-bond acceptors (Lipinski definition) is 6. The number of aromatic nitrogens is 2. The molecule has 8 heteroatoms. The molecule has 134 valence electrons. The van der Waals surface area contributed by atoms with Crippen molar-refractivity contribution in [2.24, 2.45) is 0 Å². The van der Waals surface area contributed by atoms with Gasteiger partial charge in [-0.2, -0.15) is 0 Å². The normalized spacial score (nSPS) is 22.7. The molecular formula is C17H18Cl2N2O3S. The summed E-state index contributed by atoms with van der Waals surface area (Å²) in [4.78, 5) is 8.57. The van der Waals surface area contributed by atoms with Gasteiger partial charge in [-0.05, 0) is 36.4 Å². The Hall–Kier alpha value is -0.890. The number of benzene rings is 1. The topological polar surface area (TPSA) is 75.5 Å². The molecule has 2 unspecified atom stereocenters. The molecule has 5 nitrogen and oxygen atoms in total. The van der Waals surface area contributed by atoms with Gasteiger partial charge < -0.3 is 14.9 Å². The van der Waals surface area contributed by atoms with Crippen molar-refractivity contribution in [3.05, 3.63) is 50.8 Å². The second-order valence-electron chi connectivity index (χ2n) is 5.98. The van der Waals surface area contributed by atoms with Crippen molar-refractivity contribution in [1.82, 2.24) is 9.97 Å². The molecule has 0 amide bonds. The largest absolute Gasteiger partial charge is 0.391 e. The van der Waals surface area contributed by atoms with Crippen LogP contribution < -0.4 is 0 Å². The molecule has 1 aromatic carbocycles. The van der Waals surface area contributed by atoms with Crippen molar-refractivity contribution < 1.29 is 14.9 Å². The minimum absolute atomic E-state index is 0.0998. The van der Waals surface area contributed by atoms with Gasteiger partial charge in [-0.3, -0.25) is 0 Å². The smallest absolute Gasteiger partial charge is 0.188 e. The van der Waals surface area contributed by atoms with E-state index in [9.17, 15) is 10.2 Å². The second kappa shape index (κ2) is 7.39. The predicted octanol–water partition coefficient (Wildman–Crippen LogP) is 3.52. The lowest BCUT2D eigenvalue weighted by Crippen LogP contribution is -2.40. The fourth-order valence-corrected chi connectivity index (χ4v) is 3.87. The summed E-state index contributed by atoms with van der Waals surface area (Å²) in [5.41, 5.74) is 1.19. The summed E-state index contributed by atoms with van der Waals surface area (Å²) in [6.07, 6.45) is 1.84. The fourth-order valence-electron chi connectivity index (χ4n) is 3.01. The van der Waals surface area contributed by atoms with Crippen LogP contribution in [-0.4, -0.2) is 33.0 Å². The number of aliphatic hydroxyl groups is 2. The van der Waals surface area contributed by atoms with Crippen molar-refractivity contribution in [1.29, 1.82) is 0 Å². The molecule has 25 heavy (non-hydrogen) atoms. The number of halogens is 2. The van der Waals surface area contributed by atoms with Crippen LogP contribution >= 0.6 is 35.0 Å². The van der Waals surface area contributed by atoms with E-state index in [1.165, 1.54) is 11.8 Å². The summed E-state index contributed by atoms with van der Waals surface area (Å²) < 4.78 is 5.76. The number of nitrogens with zero attached hydrogens (tertiary/aromatic N) is 2. The van der Waals surface area contributed by atoms with E-state index < -0.39 is 5.60 Å². The highest BCUT2D eigenvalue weighted by atomic mass is 35.5. The van der Waals surface area contributed by atoms with Gasteiger partial charge in [0, 0.05) is 17.0 Å². The maximum Gasteiger partial charge on any atom is 0.188 e. The van der Waals surface area contributed by atoms with E-state index in [0.717, 1.165) is 5.56 Å². The lowest BCUT2D eigenvalue weighted by atomic mass is 9.82. The Morgan fingerprint density at radius 1 is 1.36 bits per heavy atom. The Labute approximate surface area is 160 Å². The summed E-state index contributed by atoms with van der Waals surface area (Å²) in [5, 5.41) is 22.2. The molecule has 0 fully saturated rings. The first-order chi connectivity index (χ1) is 11.9. The highest BCUT2D eigenvalue weighted by molar-refractivity contribution is 7.98. The Kier molecular flexibility index (Phi) is 5.58. The van der Waals surface area contributed by atoms with Gasteiger partial charge in [0.15, 0.2) is 5.16 Å². The van der Waals surface area contributed by atoms with Gasteiger partial charge in [-0.15, -0.1) is 0 Å². The lowest BCUT2D eigenvalue weighted by Gasteiger charge is -2.37. The molecule has 2 aromatic rings. The molecule has 0 saturated heterocycles. The molecule has 0 aliphatic carbocycles. The zero-order valence-corrected chi connectivity index (χ0v) is 16.1. The molecule has 0 saturated carbocycles. The molecule has 0 radical (unpaired) electrons. The van der Waals surface area contributed by atoms with Crippen LogP contribution in [0.15, 0.2) is 23.4 Å². The molecule has 1 aromatic heterocycles. The highest BCUT2D eigenvalue weighted by Crippen LogP contribution is 2.40. The summed E-state index contributed by atoms with van der Waals surface area (Å²) in [6.45, 7) is 1.72. The van der Waals surface area contributed by atoms with E-state index in [0.29, 0.717) is 27.0 Å². The van der Waals surface area contributed by atoms with Gasteiger partial charge in [-0.25, -0.2) is 9.97 Å². The summed E-state index contributed by atoms with van der Waals surface area (Å²) >= 11 is 13.7. The second-order valence-corrected chi connectivity index (χ2v) is 7.55. The number of thioether (sulfide) groups is 1. The van der Waals surface area contributed by atoms with E-state index in [1.54, 1.807) is 12.1 Å². The maximum absolute atomic E-state index is 11.3. The van der Waals surface area contributed by atoms with Crippen LogP contribution in [0, 0.1) is 0 Å². The van der Waals surface area contributed by atoms with Crippen LogP contribution in [0.5, 0.6) is 0 Å². The van der Waals surface area contributed by atoms with Crippen molar-refractivity contribution in [2.75, 3.05) is 12.9 Å². The zero-order valence-electron chi connectivity index (χ0n) is 13.8. The number of ether oxygens (including phenoxy) is 1. The number of fused-ring (bicyclic) bond motifs is 1. The van der Waals surface area contributed by atoms with E-state index in [1.807, 2.05) is 19.2 Å². The molecule has 2 atom stereocenters. The number of hydrogen-bond donors (Lipinski definition) is 2. The third-order valence-corrected chi connectivity index (χ3v) is 5.44. The van der Waals surface area contributed by atoms with Crippen LogP contribution in [0.2, 0.25) is 10.2 Å². The van der Waals surface area contributed by atoms with E-state index in [2.05, 4.69) is 9.97 Å². The molecule has 2 N–H and O–H groups in total. The number of aliphatic hydroxyl groups excluding tert-OH is 1. The summed E-state index contributed by atoms with van der Waals surface area (Å²) in [7, 11) is 0. The van der Waals surface area contributed by atoms with Crippen LogP contribution in [0.3, 0.4) is 0 Å². The first-order valence-corrected chi connectivity index (χ1v) is 9.70. The lowest BCUT2D eigenvalue weighted by molar-refractivity contribution is -0.0932. The Morgan fingerprint density at radius 2 is 2.12 bits per heavy atom. The van der Waals surface area contributed by atoms with Gasteiger partial charge >= 0.3 is 0 Å². The van der Waals surface area contributed by atoms with E-state index in [4.69, 9.17) is 27.9 Å². The van der Waals surface area contributed by atoms with E-state index >= 15 is 0 Å². The minimum Gasteiger partial charge on any atom is -0.391 e. The molecule has 1 aliphatic heterocycles. The Morgan fingerprint density at radius 3 is 2.80 bits per heavy atom. The van der Waals surface area contributed by atoms with Crippen LogP contribution in [0.1, 0.15) is 35.4 Å². The highest BCUT2D eigenvalue weighted by Gasteiger charge is 2.39. The molecule has 3 rings (SSSR count). The van der Waals surface area contributed by atoms with Crippen LogP contribution in [-0.2, 0) is 23.4 Å². The first kappa shape index (κ1) is 18.9. The zero-order chi connectivity index (χ0) is 18.2. The monoisotopic (exact) mass is 400 g/mol. The third kappa shape index (κ3) is 3.65. The average Bonchev–Trinajstić information content (AvgIpc) is 2.58. The average molecular weight is 401 g/mol. The first-order valence-electron chi connectivity index (χ1n) is 7.72. The van der Waals surface area contributed by atoms with Gasteiger partial charge in [0.1, 0.15) is 10.8 Å². The van der Waals surface area contributed by atoms with Crippen molar-refractivity contribution in [3.8, 4) is 0 Å². The van der Waals surface area contributed by atoms with Crippen molar-refractivity contribution in [2.45, 2.75) is 36.8 Å². The van der Waals surface area contributed by atoms with Crippen molar-refractivity contribution in [3.63, 3.8) is 0 Å². The quantitative estimate of drug-likeness (QED) is 0.464. The molecule has 2 heterocycles. The van der Waals surface area contributed by atoms with Crippen LogP contribution in [0.25, 0.3) is 0 Å². The van der Waals surface area contributed by atoms with E-state index in [-0.39, 0.29) is 30.9 Å². The minimum atomic E-state index is -1.32. The van der Waals surface area contributed by atoms with Gasteiger partial charge in [-0.1, -0.05) is 41.0 Å². The SMILES string of the molecule is CSc1nc(Cl)c(CO)c(CC2(O)COC(C)c3ccc(Cl)cc32)n1. The predicted molar refractivity (Wildman–Crippen MR) is 98.2 cm³/mol. The Balaban J connectivity index is 2.08. The van der Waals surface area contributed by atoms with Gasteiger partial charge in [0.05, 0.1) is 25.0 Å². The Bertz CT molecular complexity index is 806. The van der Waals surface area contributed by atoms with Gasteiger partial charge in [0.2, 0.25) is 0 Å². The maximum atomic E-state index is 11.3. The fraction of sp³-hybridized carbons (Fsp3) is 0.412. The van der Waals surface area contributed by atoms with Crippen LogP contribution in [0.4, 0.5) is 0 Å². The summed E-state index contributed by atoms with van der Waals surface area (Å²) in [5.74, 6) is 0. The molecule has 0 spiro atoms. The summed E-state index contributed by atoms with van der Waals surface area (Å²) in [6, 6.07) is 5.39.